The van der Waals surface area contributed by atoms with Crippen molar-refractivity contribution in [2.45, 2.75) is 59.4 Å². The van der Waals surface area contributed by atoms with Gasteiger partial charge in [0.15, 0.2) is 0 Å². The van der Waals surface area contributed by atoms with Gasteiger partial charge in [0.1, 0.15) is 0 Å². The topological polar surface area (TPSA) is 41.1 Å². The number of nitrogens with one attached hydrogen (secondary N) is 2. The number of hydrogen-bond donors (Lipinski definition) is 2. The van der Waals surface area contributed by atoms with Gasteiger partial charge in [-0.25, -0.2) is 0 Å². The lowest BCUT2D eigenvalue weighted by Crippen LogP contribution is -2.27. The molecule has 21 heavy (non-hydrogen) atoms. The predicted molar refractivity (Wildman–Crippen MR) is 88.5 cm³/mol. The molecule has 0 spiro atoms. The van der Waals surface area contributed by atoms with Crippen LogP contribution in [0.4, 0.5) is 5.69 Å². The predicted octanol–water partition coefficient (Wildman–Crippen LogP) is 4.05. The number of amides is 1. The summed E-state index contributed by atoms with van der Waals surface area (Å²) in [5.41, 5.74) is 3.88. The first-order valence-electron chi connectivity index (χ1n) is 8.05. The molecule has 0 saturated heterocycles. The van der Waals surface area contributed by atoms with E-state index >= 15 is 0 Å². The van der Waals surface area contributed by atoms with E-state index < -0.39 is 0 Å². The van der Waals surface area contributed by atoms with Crippen LogP contribution >= 0.6 is 0 Å². The fourth-order valence-corrected chi connectivity index (χ4v) is 2.86. The van der Waals surface area contributed by atoms with Crippen LogP contribution in [0.1, 0.15) is 64.1 Å². The number of rotatable bonds is 5. The van der Waals surface area contributed by atoms with Crippen molar-refractivity contribution in [1.82, 2.24) is 5.32 Å². The zero-order chi connectivity index (χ0) is 15.5. The van der Waals surface area contributed by atoms with Gasteiger partial charge in [-0.1, -0.05) is 39.8 Å². The average Bonchev–Trinajstić information content (AvgIpc) is 2.41. The van der Waals surface area contributed by atoms with Crippen molar-refractivity contribution >= 4 is 11.6 Å². The molecule has 1 heterocycles. The number of benzene rings is 1. The summed E-state index contributed by atoms with van der Waals surface area (Å²) in [6, 6.07) is 6.87. The molecule has 0 bridgehead atoms. The summed E-state index contributed by atoms with van der Waals surface area (Å²) in [6.07, 6.45) is 3.70. The quantitative estimate of drug-likeness (QED) is 0.858. The summed E-state index contributed by atoms with van der Waals surface area (Å²) in [6.45, 7) is 10.1. The van der Waals surface area contributed by atoms with E-state index in [0.717, 1.165) is 31.5 Å². The van der Waals surface area contributed by atoms with Crippen molar-refractivity contribution in [2.24, 2.45) is 5.41 Å². The number of carbonyl (C=O) groups excluding carboxylic acids is 1. The van der Waals surface area contributed by atoms with Gasteiger partial charge in [-0.15, -0.1) is 0 Å². The van der Waals surface area contributed by atoms with Crippen molar-refractivity contribution < 1.29 is 4.79 Å². The minimum Gasteiger partial charge on any atom is -0.326 e. The Bertz CT molecular complexity index is 502. The molecule has 2 N–H and O–H groups in total. The maximum absolute atomic E-state index is 11.5. The summed E-state index contributed by atoms with van der Waals surface area (Å²) >= 11 is 0. The monoisotopic (exact) mass is 288 g/mol. The zero-order valence-corrected chi connectivity index (χ0v) is 13.8. The third-order valence-electron chi connectivity index (χ3n) is 3.88. The first-order valence-corrected chi connectivity index (χ1v) is 8.05. The molecule has 116 valence electrons. The number of carbonyl (C=O) groups is 1. The molecule has 0 fully saturated rings. The van der Waals surface area contributed by atoms with Crippen molar-refractivity contribution in [3.05, 3.63) is 29.3 Å². The molecule has 0 saturated carbocycles. The van der Waals surface area contributed by atoms with Gasteiger partial charge < -0.3 is 10.6 Å². The second-order valence-electron chi connectivity index (χ2n) is 7.24. The van der Waals surface area contributed by atoms with Crippen LogP contribution < -0.4 is 10.6 Å². The van der Waals surface area contributed by atoms with Crippen molar-refractivity contribution in [2.75, 3.05) is 11.9 Å². The molecule has 1 aromatic rings. The minimum absolute atomic E-state index is 0.130. The fourth-order valence-electron chi connectivity index (χ4n) is 2.86. The maximum atomic E-state index is 11.5. The van der Waals surface area contributed by atoms with Gasteiger partial charge in [-0.3, -0.25) is 4.79 Å². The smallest absolute Gasteiger partial charge is 0.224 e. The Hall–Kier alpha value is -1.35. The van der Waals surface area contributed by atoms with E-state index in [2.05, 4.69) is 56.5 Å². The molecule has 1 atom stereocenters. The van der Waals surface area contributed by atoms with Crippen LogP contribution in [0.15, 0.2) is 18.2 Å². The molecule has 0 aromatic heterocycles. The summed E-state index contributed by atoms with van der Waals surface area (Å²) < 4.78 is 0. The number of hydrogen-bond acceptors (Lipinski definition) is 2. The van der Waals surface area contributed by atoms with E-state index in [9.17, 15) is 4.79 Å². The van der Waals surface area contributed by atoms with Crippen LogP contribution in [-0.2, 0) is 11.2 Å². The van der Waals surface area contributed by atoms with Crippen LogP contribution in [-0.4, -0.2) is 12.5 Å². The highest BCUT2D eigenvalue weighted by Gasteiger charge is 2.22. The lowest BCUT2D eigenvalue weighted by molar-refractivity contribution is -0.116. The molecule has 1 amide bonds. The first kappa shape index (κ1) is 16.0. The van der Waals surface area contributed by atoms with Gasteiger partial charge in [0, 0.05) is 18.2 Å². The lowest BCUT2D eigenvalue weighted by Gasteiger charge is -2.28. The number of anilines is 1. The minimum atomic E-state index is 0.130. The molecule has 0 aliphatic carbocycles. The van der Waals surface area contributed by atoms with Crippen molar-refractivity contribution in [1.29, 1.82) is 0 Å². The van der Waals surface area contributed by atoms with E-state index in [-0.39, 0.29) is 11.3 Å². The molecule has 1 unspecified atom stereocenters. The Morgan fingerprint density at radius 2 is 2.05 bits per heavy atom. The molecular weight excluding hydrogens is 260 g/mol. The third-order valence-corrected chi connectivity index (χ3v) is 3.88. The molecule has 1 aromatic carbocycles. The van der Waals surface area contributed by atoms with Crippen LogP contribution in [0, 0.1) is 5.41 Å². The zero-order valence-electron chi connectivity index (χ0n) is 13.8. The molecule has 3 heteroatoms. The third kappa shape index (κ3) is 4.57. The normalized spacial score (nSPS) is 16.3. The molecule has 3 nitrogen and oxygen atoms in total. The second-order valence-corrected chi connectivity index (χ2v) is 7.24. The highest BCUT2D eigenvalue weighted by molar-refractivity contribution is 5.93. The van der Waals surface area contributed by atoms with Crippen LogP contribution in [0.2, 0.25) is 0 Å². The Kier molecular flexibility index (Phi) is 5.04. The SMILES string of the molecule is CCCNC(CC(C)(C)C)c1ccc2c(c1)CCC(=O)N2. The van der Waals surface area contributed by atoms with E-state index in [1.54, 1.807) is 0 Å². The first-order chi connectivity index (χ1) is 9.89. The van der Waals surface area contributed by atoms with Crippen molar-refractivity contribution in [3.63, 3.8) is 0 Å². The molecule has 0 radical (unpaired) electrons. The highest BCUT2D eigenvalue weighted by atomic mass is 16.1. The standard InChI is InChI=1S/C18H28N2O/c1-5-10-19-16(12-18(2,3)4)14-6-8-15-13(11-14)7-9-17(21)20-15/h6,8,11,16,19H,5,7,9-10,12H2,1-4H3,(H,20,21). The van der Waals surface area contributed by atoms with Crippen molar-refractivity contribution in [3.8, 4) is 0 Å². The van der Waals surface area contributed by atoms with Gasteiger partial charge in [-0.05, 0) is 48.4 Å². The Morgan fingerprint density at radius 3 is 2.71 bits per heavy atom. The Labute approximate surface area is 128 Å². The summed E-state index contributed by atoms with van der Waals surface area (Å²) in [7, 11) is 0. The summed E-state index contributed by atoms with van der Waals surface area (Å²) in [4.78, 5) is 11.5. The molecule has 2 rings (SSSR count). The van der Waals surface area contributed by atoms with Crippen LogP contribution in [0.5, 0.6) is 0 Å². The van der Waals surface area contributed by atoms with Crippen LogP contribution in [0.25, 0.3) is 0 Å². The summed E-state index contributed by atoms with van der Waals surface area (Å²) in [5, 5.41) is 6.63. The summed E-state index contributed by atoms with van der Waals surface area (Å²) in [5.74, 6) is 0.130. The van der Waals surface area contributed by atoms with Gasteiger partial charge in [0.2, 0.25) is 5.91 Å². The van der Waals surface area contributed by atoms with Gasteiger partial charge >= 0.3 is 0 Å². The Balaban J connectivity index is 2.21. The van der Waals surface area contributed by atoms with Gasteiger partial charge in [-0.2, -0.15) is 0 Å². The number of fused-ring (bicyclic) bond motifs is 1. The molecule has 1 aliphatic rings. The second kappa shape index (κ2) is 6.61. The van der Waals surface area contributed by atoms with Gasteiger partial charge in [0.05, 0.1) is 0 Å². The van der Waals surface area contributed by atoms with E-state index in [4.69, 9.17) is 0 Å². The lowest BCUT2D eigenvalue weighted by atomic mass is 9.84. The fraction of sp³-hybridized carbons (Fsp3) is 0.611. The highest BCUT2D eigenvalue weighted by Crippen LogP contribution is 2.32. The van der Waals surface area contributed by atoms with E-state index in [1.807, 2.05) is 0 Å². The molecular formula is C18H28N2O. The van der Waals surface area contributed by atoms with Crippen LogP contribution in [0.3, 0.4) is 0 Å². The van der Waals surface area contributed by atoms with E-state index in [1.165, 1.54) is 11.1 Å². The largest absolute Gasteiger partial charge is 0.326 e. The maximum Gasteiger partial charge on any atom is 0.224 e. The number of aryl methyl sites for hydroxylation is 1. The Morgan fingerprint density at radius 1 is 1.29 bits per heavy atom. The molecule has 1 aliphatic heterocycles. The average molecular weight is 288 g/mol. The van der Waals surface area contributed by atoms with E-state index in [0.29, 0.717) is 12.5 Å². The van der Waals surface area contributed by atoms with Gasteiger partial charge in [0.25, 0.3) is 0 Å².